The van der Waals surface area contributed by atoms with Crippen LogP contribution in [-0.2, 0) is 13.1 Å². The van der Waals surface area contributed by atoms with Crippen LogP contribution in [0.15, 0.2) is 33.7 Å². The molecule has 0 atom stereocenters. The molecule has 0 fully saturated rings. The lowest BCUT2D eigenvalue weighted by atomic mass is 10.1. The summed E-state index contributed by atoms with van der Waals surface area (Å²) in [6, 6.07) is 5.76. The molecule has 6 heteroatoms. The predicted molar refractivity (Wildman–Crippen MR) is 108 cm³/mol. The largest absolute Gasteiger partial charge is 0.348 e. The van der Waals surface area contributed by atoms with Crippen molar-refractivity contribution in [3.63, 3.8) is 0 Å². The summed E-state index contributed by atoms with van der Waals surface area (Å²) in [5.74, 6) is -0.187. The highest BCUT2D eigenvalue weighted by Gasteiger charge is 2.17. The molecule has 0 aliphatic carbocycles. The van der Waals surface area contributed by atoms with Gasteiger partial charge in [0.25, 0.3) is 11.5 Å². The fourth-order valence-corrected chi connectivity index (χ4v) is 3.85. The van der Waals surface area contributed by atoms with Crippen molar-refractivity contribution in [2.75, 3.05) is 0 Å². The van der Waals surface area contributed by atoms with Gasteiger partial charge in [-0.05, 0) is 57.0 Å². The molecular weight excluding hydrogens is 394 g/mol. The maximum absolute atomic E-state index is 12.9. The fourth-order valence-electron chi connectivity index (χ4n) is 3.41. The molecule has 26 heavy (non-hydrogen) atoms. The first-order valence-electron chi connectivity index (χ1n) is 8.58. The Kier molecular flexibility index (Phi) is 5.05. The number of carbonyl (C=O) groups excluding carboxylic acids is 1. The predicted octanol–water partition coefficient (Wildman–Crippen LogP) is 3.97. The topological polar surface area (TPSA) is 66.9 Å². The molecule has 0 aliphatic rings. The van der Waals surface area contributed by atoms with Gasteiger partial charge in [0.15, 0.2) is 0 Å². The van der Waals surface area contributed by atoms with Crippen LogP contribution < -0.4 is 10.9 Å². The smallest absolute Gasteiger partial charge is 0.253 e. The second-order valence-electron chi connectivity index (χ2n) is 6.57. The molecule has 5 nitrogen and oxygen atoms in total. The number of H-pyrrole nitrogens is 1. The molecule has 2 aromatic heterocycles. The number of aromatic amines is 1. The number of benzene rings is 1. The van der Waals surface area contributed by atoms with Crippen molar-refractivity contribution in [2.24, 2.45) is 0 Å². The summed E-state index contributed by atoms with van der Waals surface area (Å²) in [5.41, 5.74) is 4.80. The van der Waals surface area contributed by atoms with Gasteiger partial charge in [-0.3, -0.25) is 9.59 Å². The molecule has 1 amide bonds. The van der Waals surface area contributed by atoms with Crippen molar-refractivity contribution in [3.05, 3.63) is 67.2 Å². The van der Waals surface area contributed by atoms with E-state index in [0.717, 1.165) is 38.7 Å². The molecule has 3 aromatic rings. The number of rotatable bonds is 4. The molecule has 0 bridgehead atoms. The van der Waals surface area contributed by atoms with E-state index in [2.05, 4.69) is 43.9 Å². The molecular formula is C20H22BrN3O2. The Balaban J connectivity index is 1.96. The number of hydrogen-bond donors (Lipinski definition) is 2. The van der Waals surface area contributed by atoms with Gasteiger partial charge in [-0.15, -0.1) is 0 Å². The van der Waals surface area contributed by atoms with E-state index in [1.54, 1.807) is 0 Å². The first-order chi connectivity index (χ1) is 12.3. The lowest BCUT2D eigenvalue weighted by Gasteiger charge is -2.10. The fraction of sp³-hybridized carbons (Fsp3) is 0.300. The molecule has 0 saturated heterocycles. The highest BCUT2D eigenvalue weighted by atomic mass is 79.9. The van der Waals surface area contributed by atoms with E-state index in [1.165, 1.54) is 0 Å². The van der Waals surface area contributed by atoms with Crippen LogP contribution in [0.25, 0.3) is 10.9 Å². The van der Waals surface area contributed by atoms with E-state index in [-0.39, 0.29) is 18.0 Å². The summed E-state index contributed by atoms with van der Waals surface area (Å²) in [4.78, 5) is 27.8. The van der Waals surface area contributed by atoms with Crippen LogP contribution in [0.1, 0.15) is 39.7 Å². The van der Waals surface area contributed by atoms with Crippen LogP contribution >= 0.6 is 15.9 Å². The third kappa shape index (κ3) is 3.33. The first-order valence-corrected chi connectivity index (χ1v) is 9.37. The maximum Gasteiger partial charge on any atom is 0.253 e. The number of halogens is 1. The minimum atomic E-state index is -0.187. The third-order valence-corrected chi connectivity index (χ3v) is 5.10. The molecule has 0 aliphatic heterocycles. The minimum absolute atomic E-state index is 0.157. The number of aromatic nitrogens is 2. The quantitative estimate of drug-likeness (QED) is 0.676. The molecule has 1 aromatic carbocycles. The molecule has 2 N–H and O–H groups in total. The second-order valence-corrected chi connectivity index (χ2v) is 7.49. The average Bonchev–Trinajstić information content (AvgIpc) is 2.88. The normalized spacial score (nSPS) is 11.1. The number of fused-ring (bicyclic) bond motifs is 1. The Morgan fingerprint density at radius 3 is 2.58 bits per heavy atom. The monoisotopic (exact) mass is 415 g/mol. The zero-order valence-corrected chi connectivity index (χ0v) is 17.0. The highest BCUT2D eigenvalue weighted by molar-refractivity contribution is 9.10. The van der Waals surface area contributed by atoms with Gasteiger partial charge in [0.1, 0.15) is 0 Å². The molecule has 0 unspecified atom stereocenters. The van der Waals surface area contributed by atoms with Crippen molar-refractivity contribution in [1.82, 2.24) is 14.9 Å². The van der Waals surface area contributed by atoms with Gasteiger partial charge in [0, 0.05) is 40.4 Å². The molecule has 3 rings (SSSR count). The average molecular weight is 416 g/mol. The number of nitrogens with one attached hydrogen (secondary N) is 2. The van der Waals surface area contributed by atoms with Gasteiger partial charge in [-0.2, -0.15) is 0 Å². The highest BCUT2D eigenvalue weighted by Crippen LogP contribution is 2.29. The Morgan fingerprint density at radius 2 is 1.92 bits per heavy atom. The van der Waals surface area contributed by atoms with E-state index in [9.17, 15) is 9.59 Å². The molecule has 2 heterocycles. The van der Waals surface area contributed by atoms with E-state index in [0.29, 0.717) is 11.1 Å². The lowest BCUT2D eigenvalue weighted by Crippen LogP contribution is -2.28. The number of amides is 1. The minimum Gasteiger partial charge on any atom is -0.348 e. The van der Waals surface area contributed by atoms with Crippen LogP contribution in [0.5, 0.6) is 0 Å². The zero-order chi connectivity index (χ0) is 19.0. The summed E-state index contributed by atoms with van der Waals surface area (Å²) >= 11 is 3.50. The molecule has 0 spiro atoms. The van der Waals surface area contributed by atoms with Crippen LogP contribution in [0.2, 0.25) is 0 Å². The number of hydrogen-bond acceptors (Lipinski definition) is 2. The van der Waals surface area contributed by atoms with Crippen LogP contribution in [0, 0.1) is 20.8 Å². The van der Waals surface area contributed by atoms with Gasteiger partial charge in [0.2, 0.25) is 0 Å². The van der Waals surface area contributed by atoms with Crippen molar-refractivity contribution >= 4 is 32.7 Å². The molecule has 136 valence electrons. The van der Waals surface area contributed by atoms with Crippen LogP contribution in [0.4, 0.5) is 0 Å². The van der Waals surface area contributed by atoms with E-state index in [4.69, 9.17) is 0 Å². The van der Waals surface area contributed by atoms with Gasteiger partial charge >= 0.3 is 0 Å². The Bertz CT molecular complexity index is 1060. The van der Waals surface area contributed by atoms with E-state index >= 15 is 0 Å². The number of aryl methyl sites for hydroxylation is 4. The van der Waals surface area contributed by atoms with Crippen molar-refractivity contribution in [2.45, 2.75) is 40.8 Å². The van der Waals surface area contributed by atoms with Crippen molar-refractivity contribution in [1.29, 1.82) is 0 Å². The summed E-state index contributed by atoms with van der Waals surface area (Å²) in [6.07, 6.45) is 2.06. The number of nitrogens with zero attached hydrogens (tertiary/aromatic N) is 1. The number of carbonyl (C=O) groups is 1. The Labute approximate surface area is 160 Å². The van der Waals surface area contributed by atoms with Gasteiger partial charge < -0.3 is 14.9 Å². The summed E-state index contributed by atoms with van der Waals surface area (Å²) < 4.78 is 2.98. The van der Waals surface area contributed by atoms with Crippen molar-refractivity contribution in [3.8, 4) is 0 Å². The summed E-state index contributed by atoms with van der Waals surface area (Å²) in [7, 11) is 0. The van der Waals surface area contributed by atoms with Gasteiger partial charge in [-0.25, -0.2) is 0 Å². The standard InChI is InChI=1S/C20H22BrN3O2/c1-5-24-10-12(3)18-15(7-14(21)8-17(18)24)19(25)22-9-16-11(2)6-13(4)23-20(16)26/h6-8,10H,5,9H2,1-4H3,(H,22,25)(H,23,26). The molecule has 0 radical (unpaired) electrons. The third-order valence-electron chi connectivity index (χ3n) is 4.64. The van der Waals surface area contributed by atoms with E-state index < -0.39 is 0 Å². The van der Waals surface area contributed by atoms with Crippen LogP contribution in [-0.4, -0.2) is 15.5 Å². The first kappa shape index (κ1) is 18.5. The second kappa shape index (κ2) is 7.11. The number of pyridine rings is 1. The lowest BCUT2D eigenvalue weighted by molar-refractivity contribution is 0.0952. The van der Waals surface area contributed by atoms with Crippen molar-refractivity contribution < 1.29 is 4.79 Å². The van der Waals surface area contributed by atoms with Gasteiger partial charge in [0.05, 0.1) is 11.1 Å². The van der Waals surface area contributed by atoms with Gasteiger partial charge in [-0.1, -0.05) is 15.9 Å². The van der Waals surface area contributed by atoms with E-state index in [1.807, 2.05) is 39.0 Å². The maximum atomic E-state index is 12.9. The zero-order valence-electron chi connectivity index (χ0n) is 15.4. The SMILES string of the molecule is CCn1cc(C)c2c(C(=O)NCc3c(C)cc(C)[nH]c3=O)cc(Br)cc21. The van der Waals surface area contributed by atoms with Crippen LogP contribution in [0.3, 0.4) is 0 Å². The summed E-state index contributed by atoms with van der Waals surface area (Å²) in [5, 5.41) is 3.85. The Morgan fingerprint density at radius 1 is 1.19 bits per heavy atom. The molecule has 0 saturated carbocycles. The summed E-state index contributed by atoms with van der Waals surface area (Å²) in [6.45, 7) is 8.84. The Hall–Kier alpha value is -2.34.